The van der Waals surface area contributed by atoms with Crippen molar-refractivity contribution in [2.24, 2.45) is 5.92 Å². The molecule has 0 spiro atoms. The van der Waals surface area contributed by atoms with Crippen LogP contribution in [0.4, 0.5) is 5.82 Å². The summed E-state index contributed by atoms with van der Waals surface area (Å²) in [5.41, 5.74) is 1.24. The van der Waals surface area contributed by atoms with E-state index in [2.05, 4.69) is 36.4 Å². The van der Waals surface area contributed by atoms with Crippen LogP contribution in [0.1, 0.15) is 23.2 Å². The van der Waals surface area contributed by atoms with Crippen molar-refractivity contribution in [3.63, 3.8) is 0 Å². The molecule has 8 nitrogen and oxygen atoms in total. The first kappa shape index (κ1) is 17.6. The van der Waals surface area contributed by atoms with E-state index in [-0.39, 0.29) is 17.7 Å². The number of likely N-dealkylation sites (tertiary alicyclic amines) is 1. The number of amides is 2. The van der Waals surface area contributed by atoms with E-state index in [4.69, 9.17) is 0 Å². The van der Waals surface area contributed by atoms with E-state index in [1.807, 2.05) is 6.07 Å². The van der Waals surface area contributed by atoms with Gasteiger partial charge < -0.3 is 10.2 Å². The minimum absolute atomic E-state index is 0.0927. The van der Waals surface area contributed by atoms with Gasteiger partial charge in [0.2, 0.25) is 5.91 Å². The third-order valence-electron chi connectivity index (χ3n) is 4.60. The summed E-state index contributed by atoms with van der Waals surface area (Å²) in [5, 5.41) is 10.6. The lowest BCUT2D eigenvalue weighted by Crippen LogP contribution is -2.43. The van der Waals surface area contributed by atoms with Gasteiger partial charge in [0.25, 0.3) is 5.91 Å². The van der Waals surface area contributed by atoms with E-state index < -0.39 is 0 Å². The smallest absolute Gasteiger partial charge is 0.255 e. The fourth-order valence-electron chi connectivity index (χ4n) is 3.19. The first-order valence-electron chi connectivity index (χ1n) is 8.61. The zero-order valence-corrected chi connectivity index (χ0v) is 16.0. The van der Waals surface area contributed by atoms with Crippen LogP contribution < -0.4 is 5.32 Å². The maximum Gasteiger partial charge on any atom is 0.255 e. The van der Waals surface area contributed by atoms with Gasteiger partial charge in [-0.2, -0.15) is 0 Å². The first-order valence-corrected chi connectivity index (χ1v) is 9.40. The number of fused-ring (bicyclic) bond motifs is 1. The summed E-state index contributed by atoms with van der Waals surface area (Å²) in [7, 11) is 0. The summed E-state index contributed by atoms with van der Waals surface area (Å²) >= 11 is 3.32. The summed E-state index contributed by atoms with van der Waals surface area (Å²) in [5.74, 6) is 0.0398. The molecule has 0 saturated carbocycles. The monoisotopic (exact) mass is 428 g/mol. The number of carbonyl (C=O) groups is 2. The van der Waals surface area contributed by atoms with Crippen molar-refractivity contribution in [1.29, 1.82) is 0 Å². The van der Waals surface area contributed by atoms with Gasteiger partial charge in [-0.15, -0.1) is 10.2 Å². The molecular weight excluding hydrogens is 412 g/mol. The van der Waals surface area contributed by atoms with Gasteiger partial charge in [0.05, 0.1) is 11.5 Å². The van der Waals surface area contributed by atoms with Crippen LogP contribution in [0.2, 0.25) is 0 Å². The number of anilines is 1. The van der Waals surface area contributed by atoms with Crippen molar-refractivity contribution >= 4 is 39.2 Å². The zero-order valence-electron chi connectivity index (χ0n) is 14.4. The second kappa shape index (κ2) is 7.43. The zero-order chi connectivity index (χ0) is 18.8. The molecule has 3 aromatic rings. The van der Waals surface area contributed by atoms with Crippen LogP contribution in [0.25, 0.3) is 5.65 Å². The molecule has 9 heteroatoms. The Morgan fingerprint density at radius 1 is 1.22 bits per heavy atom. The summed E-state index contributed by atoms with van der Waals surface area (Å²) in [6.07, 6.45) is 6.44. The lowest BCUT2D eigenvalue weighted by molar-refractivity contribution is -0.121. The Labute approximate surface area is 163 Å². The van der Waals surface area contributed by atoms with E-state index >= 15 is 0 Å². The lowest BCUT2D eigenvalue weighted by atomic mass is 9.96. The first-order chi connectivity index (χ1) is 13.1. The molecule has 1 aliphatic heterocycles. The van der Waals surface area contributed by atoms with E-state index in [0.717, 1.165) is 17.3 Å². The fourth-order valence-corrected chi connectivity index (χ4v) is 3.42. The number of pyridine rings is 2. The molecule has 138 valence electrons. The van der Waals surface area contributed by atoms with E-state index in [1.54, 1.807) is 46.2 Å². The Kier molecular flexibility index (Phi) is 4.85. The largest absolute Gasteiger partial charge is 0.338 e. The van der Waals surface area contributed by atoms with Crippen LogP contribution in [0.5, 0.6) is 0 Å². The predicted molar refractivity (Wildman–Crippen MR) is 102 cm³/mol. The van der Waals surface area contributed by atoms with E-state index in [0.29, 0.717) is 30.1 Å². The Morgan fingerprint density at radius 3 is 2.93 bits per heavy atom. The average molecular weight is 429 g/mol. The van der Waals surface area contributed by atoms with Gasteiger partial charge in [0, 0.05) is 30.0 Å². The topological polar surface area (TPSA) is 92.5 Å². The molecule has 0 aromatic carbocycles. The number of rotatable bonds is 3. The second-order valence-corrected chi connectivity index (χ2v) is 7.37. The fraction of sp³-hybridized carbons (Fsp3) is 0.278. The number of nitrogens with one attached hydrogen (secondary N) is 1. The molecule has 1 atom stereocenters. The van der Waals surface area contributed by atoms with Gasteiger partial charge >= 0.3 is 0 Å². The molecule has 27 heavy (non-hydrogen) atoms. The number of aromatic nitrogens is 4. The maximum absolute atomic E-state index is 12.9. The van der Waals surface area contributed by atoms with Gasteiger partial charge in [0.15, 0.2) is 5.65 Å². The molecule has 0 radical (unpaired) electrons. The van der Waals surface area contributed by atoms with Crippen molar-refractivity contribution in [2.45, 2.75) is 12.8 Å². The van der Waals surface area contributed by atoms with Crippen LogP contribution in [0.3, 0.4) is 0 Å². The van der Waals surface area contributed by atoms with Gasteiger partial charge in [-0.05, 0) is 53.0 Å². The molecule has 1 saturated heterocycles. The highest BCUT2D eigenvalue weighted by Crippen LogP contribution is 2.21. The molecule has 0 aliphatic carbocycles. The summed E-state index contributed by atoms with van der Waals surface area (Å²) < 4.78 is 2.56. The van der Waals surface area contributed by atoms with Crippen LogP contribution in [0, 0.1) is 5.92 Å². The van der Waals surface area contributed by atoms with Gasteiger partial charge in [-0.3, -0.25) is 14.0 Å². The third-order valence-corrected chi connectivity index (χ3v) is 5.06. The minimum Gasteiger partial charge on any atom is -0.338 e. The number of piperidine rings is 1. The summed E-state index contributed by atoms with van der Waals surface area (Å²) in [6.45, 7) is 1.03. The molecule has 2 amide bonds. The maximum atomic E-state index is 12.9. The normalized spacial score (nSPS) is 17.1. The number of carbonyl (C=O) groups excluding carboxylic acids is 2. The van der Waals surface area contributed by atoms with Crippen LogP contribution >= 0.6 is 15.9 Å². The average Bonchev–Trinajstić information content (AvgIpc) is 3.17. The predicted octanol–water partition coefficient (Wildman–Crippen LogP) is 2.38. The SMILES string of the molecule is O=C(Nc1ccc(Br)cn1)C1CCCN(C(=O)c2ccc3nncn3c2)C1. The molecule has 1 fully saturated rings. The molecule has 1 N–H and O–H groups in total. The summed E-state index contributed by atoms with van der Waals surface area (Å²) in [4.78, 5) is 31.3. The van der Waals surface area contributed by atoms with Gasteiger partial charge in [-0.25, -0.2) is 4.98 Å². The molecule has 4 heterocycles. The number of halogens is 1. The van der Waals surface area contributed by atoms with Crippen LogP contribution in [-0.4, -0.2) is 49.4 Å². The van der Waals surface area contributed by atoms with E-state index in [1.165, 1.54) is 0 Å². The number of hydrogen-bond acceptors (Lipinski definition) is 5. The van der Waals surface area contributed by atoms with Crippen molar-refractivity contribution in [3.8, 4) is 0 Å². The standard InChI is InChI=1S/C18H17BrN6O2/c19-14-4-5-15(20-8-14)22-17(26)12-2-1-7-24(9-12)18(27)13-3-6-16-23-21-11-25(16)10-13/h3-6,8,10-12H,1-2,7,9H2,(H,20,22,26). The Morgan fingerprint density at radius 2 is 2.11 bits per heavy atom. The minimum atomic E-state index is -0.258. The highest BCUT2D eigenvalue weighted by Gasteiger charge is 2.29. The third kappa shape index (κ3) is 3.82. The van der Waals surface area contributed by atoms with Crippen molar-refractivity contribution in [1.82, 2.24) is 24.5 Å². The van der Waals surface area contributed by atoms with Crippen LogP contribution in [0.15, 0.2) is 47.5 Å². The summed E-state index contributed by atoms with van der Waals surface area (Å²) in [6, 6.07) is 7.05. The quantitative estimate of drug-likeness (QED) is 0.690. The van der Waals surface area contributed by atoms with Crippen LogP contribution in [-0.2, 0) is 4.79 Å². The molecule has 4 rings (SSSR count). The highest BCUT2D eigenvalue weighted by atomic mass is 79.9. The Bertz CT molecular complexity index is 987. The molecule has 3 aromatic heterocycles. The Hall–Kier alpha value is -2.81. The molecule has 1 aliphatic rings. The number of nitrogens with zero attached hydrogens (tertiary/aromatic N) is 5. The van der Waals surface area contributed by atoms with Gasteiger partial charge in [-0.1, -0.05) is 0 Å². The molecule has 1 unspecified atom stereocenters. The van der Waals surface area contributed by atoms with E-state index in [9.17, 15) is 9.59 Å². The highest BCUT2D eigenvalue weighted by molar-refractivity contribution is 9.10. The Balaban J connectivity index is 1.44. The molecular formula is C18H17BrN6O2. The molecule has 0 bridgehead atoms. The second-order valence-electron chi connectivity index (χ2n) is 6.46. The van der Waals surface area contributed by atoms with Crippen molar-refractivity contribution in [2.75, 3.05) is 18.4 Å². The van der Waals surface area contributed by atoms with Crippen molar-refractivity contribution < 1.29 is 9.59 Å². The number of hydrogen-bond donors (Lipinski definition) is 1. The van der Waals surface area contributed by atoms with Crippen molar-refractivity contribution in [3.05, 3.63) is 53.0 Å². The van der Waals surface area contributed by atoms with Gasteiger partial charge in [0.1, 0.15) is 12.1 Å². The lowest BCUT2D eigenvalue weighted by Gasteiger charge is -2.32.